The predicted molar refractivity (Wildman–Crippen MR) is 82.4 cm³/mol. The summed E-state index contributed by atoms with van der Waals surface area (Å²) >= 11 is 0. The number of nitrogens with zero attached hydrogens (tertiary/aromatic N) is 2. The fraction of sp³-hybridized carbons (Fsp3) is 0.938. The second-order valence-electron chi connectivity index (χ2n) is 7.03. The Labute approximate surface area is 123 Å². The zero-order valence-corrected chi connectivity index (χ0v) is 13.3. The second-order valence-corrected chi connectivity index (χ2v) is 7.03. The largest absolute Gasteiger partial charge is 0.342 e. The molecule has 2 fully saturated rings. The topological polar surface area (TPSA) is 49.6 Å². The van der Waals surface area contributed by atoms with E-state index in [1.807, 2.05) is 11.9 Å². The molecule has 0 aromatic carbocycles. The van der Waals surface area contributed by atoms with Crippen LogP contribution in [0.4, 0.5) is 0 Å². The number of nitrogens with two attached hydrogens (primary N) is 1. The molecule has 0 bridgehead atoms. The number of hydrogen-bond acceptors (Lipinski definition) is 3. The van der Waals surface area contributed by atoms with Crippen LogP contribution < -0.4 is 5.73 Å². The molecular formula is C16H31N3O. The highest BCUT2D eigenvalue weighted by Gasteiger charge is 2.31. The quantitative estimate of drug-likeness (QED) is 0.853. The van der Waals surface area contributed by atoms with Crippen molar-refractivity contribution < 1.29 is 4.79 Å². The molecule has 0 aromatic heterocycles. The summed E-state index contributed by atoms with van der Waals surface area (Å²) < 4.78 is 0. The van der Waals surface area contributed by atoms with Gasteiger partial charge >= 0.3 is 0 Å². The van der Waals surface area contributed by atoms with Gasteiger partial charge in [0.05, 0.1) is 6.54 Å². The fourth-order valence-corrected chi connectivity index (χ4v) is 3.73. The van der Waals surface area contributed by atoms with Gasteiger partial charge in [-0.15, -0.1) is 0 Å². The standard InChI is InChI=1S/C16H31N3O/c1-12-4-6-15(7-5-12)18(3)16(20)11-19-10-14(9-17)8-13(19)2/h12-15H,4-11,17H2,1-3H3. The Kier molecular flexibility index (Phi) is 5.44. The molecule has 0 aromatic rings. The van der Waals surface area contributed by atoms with Gasteiger partial charge in [-0.2, -0.15) is 0 Å². The van der Waals surface area contributed by atoms with Crippen LogP contribution in [0.3, 0.4) is 0 Å². The third-order valence-corrected chi connectivity index (χ3v) is 5.39. The van der Waals surface area contributed by atoms with E-state index in [9.17, 15) is 4.79 Å². The monoisotopic (exact) mass is 281 g/mol. The van der Waals surface area contributed by atoms with Gasteiger partial charge in [-0.3, -0.25) is 9.69 Å². The Morgan fingerprint density at radius 2 is 1.90 bits per heavy atom. The van der Waals surface area contributed by atoms with Crippen LogP contribution >= 0.6 is 0 Å². The summed E-state index contributed by atoms with van der Waals surface area (Å²) in [5, 5.41) is 0. The molecule has 2 rings (SSSR count). The van der Waals surface area contributed by atoms with Crippen LogP contribution in [-0.4, -0.2) is 54.5 Å². The number of carbonyl (C=O) groups excluding carboxylic acids is 1. The van der Waals surface area contributed by atoms with Crippen LogP contribution in [0.5, 0.6) is 0 Å². The van der Waals surface area contributed by atoms with Gasteiger partial charge in [0.2, 0.25) is 5.91 Å². The normalized spacial score (nSPS) is 35.2. The van der Waals surface area contributed by atoms with Crippen LogP contribution in [0.1, 0.15) is 46.0 Å². The third kappa shape index (κ3) is 3.73. The minimum absolute atomic E-state index is 0.286. The molecule has 1 saturated carbocycles. The molecule has 4 nitrogen and oxygen atoms in total. The first kappa shape index (κ1) is 15.8. The van der Waals surface area contributed by atoms with E-state index >= 15 is 0 Å². The average Bonchev–Trinajstić information content (AvgIpc) is 2.79. The number of carbonyl (C=O) groups is 1. The van der Waals surface area contributed by atoms with E-state index in [0.717, 1.165) is 25.4 Å². The van der Waals surface area contributed by atoms with Gasteiger partial charge in [-0.05, 0) is 57.4 Å². The van der Waals surface area contributed by atoms with Gasteiger partial charge in [0, 0.05) is 25.7 Å². The number of hydrogen-bond donors (Lipinski definition) is 1. The molecule has 1 aliphatic heterocycles. The SMILES string of the molecule is CC1CCC(N(C)C(=O)CN2CC(CN)CC2C)CC1. The first-order valence-corrected chi connectivity index (χ1v) is 8.21. The predicted octanol–water partition coefficient (Wildman–Crippen LogP) is 1.69. The first-order valence-electron chi connectivity index (χ1n) is 8.21. The lowest BCUT2D eigenvalue weighted by Crippen LogP contribution is -2.45. The Bertz CT molecular complexity index is 326. The molecule has 2 N–H and O–H groups in total. The van der Waals surface area contributed by atoms with Crippen LogP contribution in [0.2, 0.25) is 0 Å². The van der Waals surface area contributed by atoms with Crippen molar-refractivity contribution in [3.8, 4) is 0 Å². The first-order chi connectivity index (χ1) is 9.51. The van der Waals surface area contributed by atoms with Gasteiger partial charge in [0.15, 0.2) is 0 Å². The lowest BCUT2D eigenvalue weighted by atomic mass is 9.87. The van der Waals surface area contributed by atoms with E-state index in [2.05, 4.69) is 18.7 Å². The Morgan fingerprint density at radius 3 is 2.45 bits per heavy atom. The van der Waals surface area contributed by atoms with E-state index in [1.165, 1.54) is 25.7 Å². The average molecular weight is 281 g/mol. The maximum Gasteiger partial charge on any atom is 0.236 e. The highest BCUT2D eigenvalue weighted by Crippen LogP contribution is 2.27. The number of likely N-dealkylation sites (N-methyl/N-ethyl adjacent to an activating group) is 1. The number of amides is 1. The second kappa shape index (κ2) is 6.90. The molecule has 1 amide bonds. The van der Waals surface area contributed by atoms with Crippen molar-refractivity contribution in [1.29, 1.82) is 0 Å². The maximum absolute atomic E-state index is 12.5. The summed E-state index contributed by atoms with van der Waals surface area (Å²) in [5.41, 5.74) is 5.76. The van der Waals surface area contributed by atoms with Crippen LogP contribution in [0.25, 0.3) is 0 Å². The minimum Gasteiger partial charge on any atom is -0.342 e. The number of likely N-dealkylation sites (tertiary alicyclic amines) is 1. The highest BCUT2D eigenvalue weighted by atomic mass is 16.2. The Balaban J connectivity index is 1.82. The molecule has 1 saturated heterocycles. The van der Waals surface area contributed by atoms with Crippen molar-refractivity contribution in [3.05, 3.63) is 0 Å². The van der Waals surface area contributed by atoms with E-state index in [-0.39, 0.29) is 5.91 Å². The third-order valence-electron chi connectivity index (χ3n) is 5.39. The molecule has 20 heavy (non-hydrogen) atoms. The van der Waals surface area contributed by atoms with Gasteiger partial charge in [-0.25, -0.2) is 0 Å². The molecular weight excluding hydrogens is 250 g/mol. The summed E-state index contributed by atoms with van der Waals surface area (Å²) in [7, 11) is 1.99. The summed E-state index contributed by atoms with van der Waals surface area (Å²) in [6, 6.07) is 0.953. The molecule has 2 atom stereocenters. The van der Waals surface area contributed by atoms with Gasteiger partial charge in [0.1, 0.15) is 0 Å². The van der Waals surface area contributed by atoms with Gasteiger partial charge in [0.25, 0.3) is 0 Å². The minimum atomic E-state index is 0.286. The van der Waals surface area contributed by atoms with E-state index in [4.69, 9.17) is 5.73 Å². The van der Waals surface area contributed by atoms with E-state index < -0.39 is 0 Å². The molecule has 0 spiro atoms. The molecule has 4 heteroatoms. The zero-order chi connectivity index (χ0) is 14.7. The van der Waals surface area contributed by atoms with Crippen molar-refractivity contribution in [2.75, 3.05) is 26.7 Å². The summed E-state index contributed by atoms with van der Waals surface area (Å²) in [4.78, 5) is 16.8. The van der Waals surface area contributed by atoms with Crippen LogP contribution in [0.15, 0.2) is 0 Å². The summed E-state index contributed by atoms with van der Waals surface area (Å²) in [5.74, 6) is 1.69. The van der Waals surface area contributed by atoms with Gasteiger partial charge in [-0.1, -0.05) is 6.92 Å². The van der Waals surface area contributed by atoms with Crippen LogP contribution in [-0.2, 0) is 4.79 Å². The lowest BCUT2D eigenvalue weighted by molar-refractivity contribution is -0.134. The van der Waals surface area contributed by atoms with Crippen LogP contribution in [0, 0.1) is 11.8 Å². The molecule has 1 aliphatic carbocycles. The van der Waals surface area contributed by atoms with E-state index in [0.29, 0.717) is 24.5 Å². The van der Waals surface area contributed by atoms with E-state index in [1.54, 1.807) is 0 Å². The number of rotatable bonds is 4. The Hall–Kier alpha value is -0.610. The van der Waals surface area contributed by atoms with Gasteiger partial charge < -0.3 is 10.6 Å². The summed E-state index contributed by atoms with van der Waals surface area (Å²) in [6.07, 6.45) is 6.00. The fourth-order valence-electron chi connectivity index (χ4n) is 3.73. The smallest absolute Gasteiger partial charge is 0.236 e. The van der Waals surface area contributed by atoms with Crippen molar-refractivity contribution in [2.24, 2.45) is 17.6 Å². The maximum atomic E-state index is 12.5. The van der Waals surface area contributed by atoms with Crippen molar-refractivity contribution >= 4 is 5.91 Å². The van der Waals surface area contributed by atoms with Crippen molar-refractivity contribution in [1.82, 2.24) is 9.80 Å². The molecule has 2 aliphatic rings. The highest BCUT2D eigenvalue weighted by molar-refractivity contribution is 5.78. The molecule has 0 radical (unpaired) electrons. The zero-order valence-electron chi connectivity index (χ0n) is 13.3. The lowest BCUT2D eigenvalue weighted by Gasteiger charge is -2.35. The molecule has 116 valence electrons. The molecule has 2 unspecified atom stereocenters. The molecule has 1 heterocycles. The van der Waals surface area contributed by atoms with Crippen molar-refractivity contribution in [2.45, 2.75) is 58.0 Å². The summed E-state index contributed by atoms with van der Waals surface area (Å²) in [6.45, 7) is 6.83. The van der Waals surface area contributed by atoms with Crippen molar-refractivity contribution in [3.63, 3.8) is 0 Å². The Morgan fingerprint density at radius 1 is 1.25 bits per heavy atom.